The molecule has 1 aliphatic heterocycles. The van der Waals surface area contributed by atoms with Crippen molar-refractivity contribution in [2.45, 2.75) is 62.8 Å². The van der Waals surface area contributed by atoms with Gasteiger partial charge in [-0.1, -0.05) is 19.3 Å². The highest BCUT2D eigenvalue weighted by Gasteiger charge is 2.26. The lowest BCUT2D eigenvalue weighted by molar-refractivity contribution is -0.132. The fraction of sp³-hybridized carbons (Fsp3) is 0.600. The van der Waals surface area contributed by atoms with Gasteiger partial charge in [0.25, 0.3) is 0 Å². The van der Waals surface area contributed by atoms with Gasteiger partial charge in [-0.2, -0.15) is 0 Å². The smallest absolute Gasteiger partial charge is 0.240 e. The Kier molecular flexibility index (Phi) is 6.72. The zero-order valence-electron chi connectivity index (χ0n) is 16.3. The Morgan fingerprint density at radius 3 is 2.14 bits per heavy atom. The van der Waals surface area contributed by atoms with Crippen molar-refractivity contribution >= 4 is 27.5 Å². The van der Waals surface area contributed by atoms with Gasteiger partial charge >= 0.3 is 0 Å². The fourth-order valence-corrected chi connectivity index (χ4v) is 5.23. The summed E-state index contributed by atoms with van der Waals surface area (Å²) in [6.45, 7) is 2.73. The second-order valence-corrected chi connectivity index (χ2v) is 9.46. The molecule has 1 aliphatic carbocycles. The second-order valence-electron chi connectivity index (χ2n) is 7.75. The lowest BCUT2D eigenvalue weighted by Crippen LogP contribution is -2.40. The highest BCUT2D eigenvalue weighted by Crippen LogP contribution is 2.22. The molecule has 1 aromatic carbocycles. The van der Waals surface area contributed by atoms with E-state index in [1.165, 1.54) is 18.6 Å². The Morgan fingerprint density at radius 1 is 0.964 bits per heavy atom. The maximum absolute atomic E-state index is 12.5. The van der Waals surface area contributed by atoms with Gasteiger partial charge in [0, 0.05) is 37.7 Å². The quantitative estimate of drug-likeness (QED) is 0.784. The summed E-state index contributed by atoms with van der Waals surface area (Å²) in [5.41, 5.74) is 0.579. The van der Waals surface area contributed by atoms with Crippen LogP contribution in [0.4, 0.5) is 5.69 Å². The highest BCUT2D eigenvalue weighted by molar-refractivity contribution is 7.89. The predicted molar refractivity (Wildman–Crippen MR) is 107 cm³/mol. The molecule has 8 heteroatoms. The number of piperidine rings is 1. The van der Waals surface area contributed by atoms with Crippen LogP contribution in [0, 0.1) is 5.92 Å². The lowest BCUT2D eigenvalue weighted by Gasteiger charge is -2.30. The summed E-state index contributed by atoms with van der Waals surface area (Å²) in [6, 6.07) is 6.31. The van der Waals surface area contributed by atoms with Gasteiger partial charge in [-0.25, -0.2) is 13.1 Å². The van der Waals surface area contributed by atoms with E-state index in [2.05, 4.69) is 10.0 Å². The Morgan fingerprint density at radius 2 is 1.57 bits per heavy atom. The average molecular weight is 408 g/mol. The molecule has 2 fully saturated rings. The summed E-state index contributed by atoms with van der Waals surface area (Å²) >= 11 is 0. The van der Waals surface area contributed by atoms with Crippen LogP contribution in [0.5, 0.6) is 0 Å². The Balaban J connectivity index is 1.55. The second kappa shape index (κ2) is 9.05. The van der Waals surface area contributed by atoms with E-state index in [4.69, 9.17) is 0 Å². The number of nitrogens with zero attached hydrogens (tertiary/aromatic N) is 1. The van der Waals surface area contributed by atoms with Crippen molar-refractivity contribution in [1.29, 1.82) is 0 Å². The third-order valence-corrected chi connectivity index (χ3v) is 7.21. The zero-order chi connectivity index (χ0) is 20.1. The first-order valence-electron chi connectivity index (χ1n) is 10.0. The minimum absolute atomic E-state index is 0.0130. The standard InChI is InChI=1S/C20H29N3O4S/c1-15(24)23-13-11-16(12-14-23)20(25)21-17-7-9-19(10-8-17)28(26,27)22-18-5-3-2-4-6-18/h7-10,16,18,22H,2-6,11-14H2,1H3,(H,21,25). The summed E-state index contributed by atoms with van der Waals surface area (Å²) in [7, 11) is -3.54. The number of benzene rings is 1. The summed E-state index contributed by atoms with van der Waals surface area (Å²) in [4.78, 5) is 25.8. The van der Waals surface area contributed by atoms with Crippen molar-refractivity contribution in [3.63, 3.8) is 0 Å². The van der Waals surface area contributed by atoms with E-state index >= 15 is 0 Å². The molecule has 0 atom stereocenters. The molecule has 154 valence electrons. The van der Waals surface area contributed by atoms with E-state index in [-0.39, 0.29) is 28.7 Å². The first kappa shape index (κ1) is 20.8. The molecule has 28 heavy (non-hydrogen) atoms. The number of nitrogens with one attached hydrogen (secondary N) is 2. The van der Waals surface area contributed by atoms with Crippen molar-refractivity contribution in [1.82, 2.24) is 9.62 Å². The highest BCUT2D eigenvalue weighted by atomic mass is 32.2. The van der Waals surface area contributed by atoms with Gasteiger partial charge < -0.3 is 10.2 Å². The number of amides is 2. The lowest BCUT2D eigenvalue weighted by atomic mass is 9.96. The molecule has 0 spiro atoms. The minimum atomic E-state index is -3.54. The molecule has 0 radical (unpaired) electrons. The Labute approximate surface area is 166 Å². The van der Waals surface area contributed by atoms with Gasteiger partial charge in [-0.05, 0) is 49.9 Å². The van der Waals surface area contributed by atoms with Crippen molar-refractivity contribution in [3.8, 4) is 0 Å². The molecule has 7 nitrogen and oxygen atoms in total. The van der Waals surface area contributed by atoms with Crippen molar-refractivity contribution in [2.75, 3.05) is 18.4 Å². The number of anilines is 1. The minimum Gasteiger partial charge on any atom is -0.343 e. The SMILES string of the molecule is CC(=O)N1CCC(C(=O)Nc2ccc(S(=O)(=O)NC3CCCCC3)cc2)CC1. The molecule has 1 saturated carbocycles. The molecular formula is C20H29N3O4S. The van der Waals surface area contributed by atoms with Crippen LogP contribution in [-0.2, 0) is 19.6 Å². The molecule has 0 unspecified atom stereocenters. The Hall–Kier alpha value is -1.93. The molecule has 3 rings (SSSR count). The van der Waals surface area contributed by atoms with E-state index < -0.39 is 10.0 Å². The van der Waals surface area contributed by atoms with Gasteiger partial charge in [0.15, 0.2) is 0 Å². The van der Waals surface area contributed by atoms with E-state index in [9.17, 15) is 18.0 Å². The van der Waals surface area contributed by atoms with Gasteiger partial charge in [-0.15, -0.1) is 0 Å². The molecule has 1 aromatic rings. The third-order valence-electron chi connectivity index (χ3n) is 5.67. The molecule has 0 aromatic heterocycles. The zero-order valence-corrected chi connectivity index (χ0v) is 17.1. The molecule has 0 bridgehead atoms. The van der Waals surface area contributed by atoms with Crippen LogP contribution in [-0.4, -0.2) is 44.3 Å². The van der Waals surface area contributed by atoms with E-state index in [0.29, 0.717) is 31.6 Å². The summed E-state index contributed by atoms with van der Waals surface area (Å²) < 4.78 is 27.9. The maximum atomic E-state index is 12.5. The van der Waals surface area contributed by atoms with E-state index in [1.807, 2.05) is 0 Å². The molecule has 1 saturated heterocycles. The predicted octanol–water partition coefficient (Wildman–Crippen LogP) is 2.49. The van der Waals surface area contributed by atoms with E-state index in [1.54, 1.807) is 24.0 Å². The van der Waals surface area contributed by atoms with Gasteiger partial charge in [0.2, 0.25) is 21.8 Å². The van der Waals surface area contributed by atoms with Crippen molar-refractivity contribution < 1.29 is 18.0 Å². The van der Waals surface area contributed by atoms with Crippen LogP contribution in [0.15, 0.2) is 29.2 Å². The van der Waals surface area contributed by atoms with Crippen LogP contribution in [0.25, 0.3) is 0 Å². The van der Waals surface area contributed by atoms with Crippen LogP contribution in [0.3, 0.4) is 0 Å². The van der Waals surface area contributed by atoms with E-state index in [0.717, 1.165) is 25.7 Å². The number of carbonyl (C=O) groups is 2. The van der Waals surface area contributed by atoms with Gasteiger partial charge in [0.1, 0.15) is 0 Å². The first-order valence-corrected chi connectivity index (χ1v) is 11.5. The molecule has 1 heterocycles. The molecule has 2 amide bonds. The Bertz CT molecular complexity index is 793. The summed E-state index contributed by atoms with van der Waals surface area (Å²) in [5.74, 6) is -0.177. The topological polar surface area (TPSA) is 95.6 Å². The fourth-order valence-electron chi connectivity index (χ4n) is 3.93. The number of rotatable bonds is 5. The number of hydrogen-bond acceptors (Lipinski definition) is 4. The number of hydrogen-bond donors (Lipinski definition) is 2. The maximum Gasteiger partial charge on any atom is 0.240 e. The normalized spacial score (nSPS) is 19.4. The molecule has 2 aliphatic rings. The van der Waals surface area contributed by atoms with Crippen LogP contribution < -0.4 is 10.0 Å². The van der Waals surface area contributed by atoms with Gasteiger partial charge in [0.05, 0.1) is 4.90 Å². The monoisotopic (exact) mass is 407 g/mol. The summed E-state index contributed by atoms with van der Waals surface area (Å²) in [5, 5.41) is 2.86. The van der Waals surface area contributed by atoms with Crippen LogP contribution in [0.1, 0.15) is 51.9 Å². The molecular weight excluding hydrogens is 378 g/mol. The largest absolute Gasteiger partial charge is 0.343 e. The van der Waals surface area contributed by atoms with Gasteiger partial charge in [-0.3, -0.25) is 9.59 Å². The third kappa shape index (κ3) is 5.32. The number of sulfonamides is 1. The average Bonchev–Trinajstić information content (AvgIpc) is 2.69. The number of likely N-dealkylation sites (tertiary alicyclic amines) is 1. The molecule has 2 N–H and O–H groups in total. The van der Waals surface area contributed by atoms with Crippen molar-refractivity contribution in [2.24, 2.45) is 5.92 Å². The van der Waals surface area contributed by atoms with Crippen LogP contribution >= 0.6 is 0 Å². The number of carbonyl (C=O) groups excluding carboxylic acids is 2. The van der Waals surface area contributed by atoms with Crippen LogP contribution in [0.2, 0.25) is 0 Å². The first-order chi connectivity index (χ1) is 13.3. The summed E-state index contributed by atoms with van der Waals surface area (Å²) in [6.07, 6.45) is 6.34. The van der Waals surface area contributed by atoms with Crippen molar-refractivity contribution in [3.05, 3.63) is 24.3 Å².